The summed E-state index contributed by atoms with van der Waals surface area (Å²) in [5.41, 5.74) is 2.09. The van der Waals surface area contributed by atoms with E-state index in [0.717, 1.165) is 29.2 Å². The molecule has 0 unspecified atom stereocenters. The fourth-order valence-corrected chi connectivity index (χ4v) is 2.43. The Labute approximate surface area is 130 Å². The first-order valence-corrected chi connectivity index (χ1v) is 7.39. The van der Waals surface area contributed by atoms with Gasteiger partial charge in [0.25, 0.3) is 0 Å². The van der Waals surface area contributed by atoms with Crippen LogP contribution in [0.3, 0.4) is 0 Å². The predicted molar refractivity (Wildman–Crippen MR) is 85.9 cm³/mol. The third-order valence-electron chi connectivity index (χ3n) is 3.84. The van der Waals surface area contributed by atoms with Crippen molar-refractivity contribution in [2.24, 2.45) is 0 Å². The zero-order valence-electron chi connectivity index (χ0n) is 13.0. The Hall–Kier alpha value is -2.27. The predicted octanol–water partition coefficient (Wildman–Crippen LogP) is 2.78. The minimum absolute atomic E-state index is 0.188. The van der Waals surface area contributed by atoms with Crippen LogP contribution in [0.4, 0.5) is 0 Å². The minimum Gasteiger partial charge on any atom is -0.486 e. The standard InChI is InChI=1S/C17H21N3O2/c1-4-20-12-13(11-19-20)10-18-17(2,3)14-5-6-15-16(9-14)22-8-7-21-15/h4-6,9,11-12,18H,1,7-8,10H2,2-3H3. The van der Waals surface area contributed by atoms with Gasteiger partial charge in [0.05, 0.1) is 6.20 Å². The maximum Gasteiger partial charge on any atom is 0.161 e. The zero-order valence-corrected chi connectivity index (χ0v) is 13.0. The van der Waals surface area contributed by atoms with Crippen LogP contribution in [-0.4, -0.2) is 23.0 Å². The monoisotopic (exact) mass is 299 g/mol. The van der Waals surface area contributed by atoms with E-state index in [1.54, 1.807) is 10.9 Å². The van der Waals surface area contributed by atoms with Crippen LogP contribution >= 0.6 is 0 Å². The summed E-state index contributed by atoms with van der Waals surface area (Å²) < 4.78 is 12.9. The smallest absolute Gasteiger partial charge is 0.161 e. The molecule has 22 heavy (non-hydrogen) atoms. The van der Waals surface area contributed by atoms with E-state index in [4.69, 9.17) is 9.47 Å². The molecule has 0 saturated carbocycles. The molecule has 5 nitrogen and oxygen atoms in total. The molecule has 1 aliphatic rings. The van der Waals surface area contributed by atoms with Crippen LogP contribution in [0.1, 0.15) is 25.0 Å². The Morgan fingerprint density at radius 3 is 2.82 bits per heavy atom. The Morgan fingerprint density at radius 1 is 1.32 bits per heavy atom. The average Bonchev–Trinajstić information content (AvgIpc) is 3.01. The Balaban J connectivity index is 1.72. The molecule has 1 aliphatic heterocycles. The SMILES string of the molecule is C=Cn1cc(CNC(C)(C)c2ccc3c(c2)OCCO3)cn1. The molecule has 116 valence electrons. The number of nitrogens with zero attached hydrogens (tertiary/aromatic N) is 2. The van der Waals surface area contributed by atoms with Gasteiger partial charge in [0, 0.05) is 30.0 Å². The minimum atomic E-state index is -0.188. The van der Waals surface area contributed by atoms with Crippen LogP contribution in [0, 0.1) is 0 Å². The van der Waals surface area contributed by atoms with Gasteiger partial charge in [-0.15, -0.1) is 0 Å². The number of fused-ring (bicyclic) bond motifs is 1. The second kappa shape index (κ2) is 5.85. The Bertz CT molecular complexity index is 676. The topological polar surface area (TPSA) is 48.3 Å². The van der Waals surface area contributed by atoms with E-state index < -0.39 is 0 Å². The lowest BCUT2D eigenvalue weighted by molar-refractivity contribution is 0.171. The summed E-state index contributed by atoms with van der Waals surface area (Å²) in [6.45, 7) is 9.94. The molecule has 0 amide bonds. The van der Waals surface area contributed by atoms with Crippen molar-refractivity contribution in [3.8, 4) is 11.5 Å². The molecule has 0 fully saturated rings. The molecule has 0 aliphatic carbocycles. The van der Waals surface area contributed by atoms with Crippen LogP contribution in [0.2, 0.25) is 0 Å². The van der Waals surface area contributed by atoms with Gasteiger partial charge in [-0.1, -0.05) is 12.6 Å². The largest absolute Gasteiger partial charge is 0.486 e. The van der Waals surface area contributed by atoms with Gasteiger partial charge in [-0.2, -0.15) is 5.10 Å². The number of hydrogen-bond acceptors (Lipinski definition) is 4. The summed E-state index contributed by atoms with van der Waals surface area (Å²) in [7, 11) is 0. The summed E-state index contributed by atoms with van der Waals surface area (Å²) in [6.07, 6.45) is 5.48. The van der Waals surface area contributed by atoms with Crippen molar-refractivity contribution >= 4 is 6.20 Å². The molecule has 0 atom stereocenters. The first-order valence-electron chi connectivity index (χ1n) is 7.39. The second-order valence-electron chi connectivity index (χ2n) is 5.85. The third kappa shape index (κ3) is 2.99. The van der Waals surface area contributed by atoms with Crippen molar-refractivity contribution in [3.05, 3.63) is 48.3 Å². The molecule has 0 radical (unpaired) electrons. The molecule has 0 bridgehead atoms. The lowest BCUT2D eigenvalue weighted by Gasteiger charge is -2.28. The number of benzene rings is 1. The quantitative estimate of drug-likeness (QED) is 0.922. The fraction of sp³-hybridized carbons (Fsp3) is 0.353. The first kappa shape index (κ1) is 14.7. The number of hydrogen-bond donors (Lipinski definition) is 1. The molecular formula is C17H21N3O2. The number of rotatable bonds is 5. The van der Waals surface area contributed by atoms with Crippen LogP contribution < -0.4 is 14.8 Å². The van der Waals surface area contributed by atoms with E-state index in [2.05, 4.69) is 43.0 Å². The van der Waals surface area contributed by atoms with Crippen LogP contribution in [0.5, 0.6) is 11.5 Å². The Morgan fingerprint density at radius 2 is 2.09 bits per heavy atom. The molecule has 0 saturated heterocycles. The van der Waals surface area contributed by atoms with Gasteiger partial charge in [0.15, 0.2) is 11.5 Å². The van der Waals surface area contributed by atoms with Crippen LogP contribution in [-0.2, 0) is 12.1 Å². The Kier molecular flexibility index (Phi) is 3.90. The molecule has 1 aromatic carbocycles. The second-order valence-corrected chi connectivity index (χ2v) is 5.85. The average molecular weight is 299 g/mol. The summed E-state index contributed by atoms with van der Waals surface area (Å²) >= 11 is 0. The van der Waals surface area contributed by atoms with Crippen molar-refractivity contribution in [2.75, 3.05) is 13.2 Å². The highest BCUT2D eigenvalue weighted by Gasteiger charge is 2.23. The first-order chi connectivity index (χ1) is 10.6. The van der Waals surface area contributed by atoms with Crippen molar-refractivity contribution in [3.63, 3.8) is 0 Å². The molecule has 0 spiro atoms. The van der Waals surface area contributed by atoms with Gasteiger partial charge < -0.3 is 14.8 Å². The lowest BCUT2D eigenvalue weighted by Crippen LogP contribution is -2.36. The van der Waals surface area contributed by atoms with Crippen LogP contribution in [0.15, 0.2) is 37.2 Å². The van der Waals surface area contributed by atoms with Crippen molar-refractivity contribution < 1.29 is 9.47 Å². The van der Waals surface area contributed by atoms with Gasteiger partial charge in [0.2, 0.25) is 0 Å². The van der Waals surface area contributed by atoms with Gasteiger partial charge in [-0.05, 0) is 31.5 Å². The molecule has 1 N–H and O–H groups in total. The molecule has 5 heteroatoms. The van der Waals surface area contributed by atoms with E-state index in [-0.39, 0.29) is 5.54 Å². The van der Waals surface area contributed by atoms with Crippen LogP contribution in [0.25, 0.3) is 6.20 Å². The molecule has 2 heterocycles. The zero-order chi connectivity index (χ0) is 15.6. The highest BCUT2D eigenvalue weighted by Crippen LogP contribution is 2.34. The van der Waals surface area contributed by atoms with Gasteiger partial charge in [0.1, 0.15) is 13.2 Å². The summed E-state index contributed by atoms with van der Waals surface area (Å²) in [6, 6.07) is 6.10. The van der Waals surface area contributed by atoms with E-state index in [1.165, 1.54) is 0 Å². The lowest BCUT2D eigenvalue weighted by atomic mass is 9.93. The molecular weight excluding hydrogens is 278 g/mol. The van der Waals surface area contributed by atoms with Crippen molar-refractivity contribution in [1.82, 2.24) is 15.1 Å². The van der Waals surface area contributed by atoms with Gasteiger partial charge in [-0.25, -0.2) is 4.68 Å². The summed E-state index contributed by atoms with van der Waals surface area (Å²) in [4.78, 5) is 0. The number of nitrogens with one attached hydrogen (secondary N) is 1. The van der Waals surface area contributed by atoms with E-state index in [0.29, 0.717) is 13.2 Å². The molecule has 3 rings (SSSR count). The summed E-state index contributed by atoms with van der Waals surface area (Å²) in [5, 5.41) is 7.74. The van der Waals surface area contributed by atoms with Gasteiger partial charge >= 0.3 is 0 Å². The van der Waals surface area contributed by atoms with Gasteiger partial charge in [-0.3, -0.25) is 0 Å². The number of ether oxygens (including phenoxy) is 2. The van der Waals surface area contributed by atoms with E-state index >= 15 is 0 Å². The van der Waals surface area contributed by atoms with E-state index in [1.807, 2.05) is 18.5 Å². The summed E-state index contributed by atoms with van der Waals surface area (Å²) in [5.74, 6) is 1.64. The van der Waals surface area contributed by atoms with Crippen molar-refractivity contribution in [1.29, 1.82) is 0 Å². The maximum absolute atomic E-state index is 5.66. The fourth-order valence-electron chi connectivity index (χ4n) is 2.43. The maximum atomic E-state index is 5.66. The van der Waals surface area contributed by atoms with E-state index in [9.17, 15) is 0 Å². The third-order valence-corrected chi connectivity index (χ3v) is 3.84. The highest BCUT2D eigenvalue weighted by molar-refractivity contribution is 5.45. The molecule has 1 aromatic heterocycles. The molecule has 2 aromatic rings. The number of aromatic nitrogens is 2. The normalized spacial score (nSPS) is 13.9. The highest BCUT2D eigenvalue weighted by atomic mass is 16.6. The van der Waals surface area contributed by atoms with Crippen molar-refractivity contribution in [2.45, 2.75) is 25.9 Å².